The van der Waals surface area contributed by atoms with Gasteiger partial charge < -0.3 is 9.32 Å². The summed E-state index contributed by atoms with van der Waals surface area (Å²) in [7, 11) is 0. The number of nitrogens with zero attached hydrogens (tertiary/aromatic N) is 2. The highest BCUT2D eigenvalue weighted by atomic mass is 16.3. The molecule has 3 aromatic rings. The molecule has 2 aromatic heterocycles. The van der Waals surface area contributed by atoms with Gasteiger partial charge in [0.2, 0.25) is 0 Å². The van der Waals surface area contributed by atoms with Crippen LogP contribution in [0.2, 0.25) is 0 Å². The van der Waals surface area contributed by atoms with Crippen LogP contribution in [-0.2, 0) is 6.54 Å². The fourth-order valence-corrected chi connectivity index (χ4v) is 2.81. The first kappa shape index (κ1) is 14.5. The molecule has 0 aliphatic carbocycles. The Hall–Kier alpha value is -3.07. The van der Waals surface area contributed by atoms with Crippen LogP contribution < -0.4 is 0 Å². The standard InChI is InChI=1S/C21H18N2O/c1-2-4-17(5-3-1)16-23-14-10-19(11-15-23)21-7-6-20(24-21)18-8-12-22-13-9-18/h1-14H,15-16H2. The molecule has 3 heteroatoms. The Morgan fingerprint density at radius 2 is 1.71 bits per heavy atom. The first-order valence-electron chi connectivity index (χ1n) is 8.05. The number of aromatic nitrogens is 1. The lowest BCUT2D eigenvalue weighted by atomic mass is 10.1. The first-order valence-corrected chi connectivity index (χ1v) is 8.05. The van der Waals surface area contributed by atoms with Gasteiger partial charge in [0.1, 0.15) is 11.5 Å². The van der Waals surface area contributed by atoms with Gasteiger partial charge in [0.25, 0.3) is 0 Å². The molecule has 3 heterocycles. The van der Waals surface area contributed by atoms with E-state index >= 15 is 0 Å². The lowest BCUT2D eigenvalue weighted by Crippen LogP contribution is -2.19. The van der Waals surface area contributed by atoms with Crippen molar-refractivity contribution in [2.45, 2.75) is 6.54 Å². The molecule has 118 valence electrons. The molecule has 3 nitrogen and oxygen atoms in total. The van der Waals surface area contributed by atoms with Crippen LogP contribution in [0.25, 0.3) is 16.9 Å². The number of rotatable bonds is 4. The van der Waals surface area contributed by atoms with Gasteiger partial charge in [-0.3, -0.25) is 4.98 Å². The first-order chi connectivity index (χ1) is 11.9. The third-order valence-corrected chi connectivity index (χ3v) is 4.09. The van der Waals surface area contributed by atoms with Crippen LogP contribution in [0.15, 0.2) is 89.8 Å². The van der Waals surface area contributed by atoms with Crippen LogP contribution in [0.3, 0.4) is 0 Å². The number of allylic oxidation sites excluding steroid dienone is 2. The lowest BCUT2D eigenvalue weighted by molar-refractivity contribution is 0.406. The fraction of sp³-hybridized carbons (Fsp3) is 0.0952. The van der Waals surface area contributed by atoms with Gasteiger partial charge in [-0.05, 0) is 35.9 Å². The molecular formula is C21H18N2O. The zero-order chi connectivity index (χ0) is 16.2. The Bertz CT molecular complexity index is 863. The Labute approximate surface area is 141 Å². The number of hydrogen-bond donors (Lipinski definition) is 0. The van der Waals surface area contributed by atoms with Gasteiger partial charge in [-0.1, -0.05) is 36.4 Å². The molecule has 0 bridgehead atoms. The Balaban J connectivity index is 1.45. The lowest BCUT2D eigenvalue weighted by Gasteiger charge is -2.22. The van der Waals surface area contributed by atoms with Crippen molar-refractivity contribution < 1.29 is 4.42 Å². The van der Waals surface area contributed by atoms with Crippen molar-refractivity contribution in [3.8, 4) is 11.3 Å². The molecule has 0 spiro atoms. The average Bonchev–Trinajstić information content (AvgIpc) is 3.14. The molecule has 0 fully saturated rings. The van der Waals surface area contributed by atoms with Crippen LogP contribution in [0.4, 0.5) is 0 Å². The average molecular weight is 314 g/mol. The van der Waals surface area contributed by atoms with Crippen LogP contribution in [0.5, 0.6) is 0 Å². The molecule has 0 saturated carbocycles. The third kappa shape index (κ3) is 3.15. The van der Waals surface area contributed by atoms with E-state index in [1.165, 1.54) is 5.56 Å². The molecule has 0 atom stereocenters. The summed E-state index contributed by atoms with van der Waals surface area (Å²) in [6.45, 7) is 1.80. The minimum absolute atomic E-state index is 0.869. The van der Waals surface area contributed by atoms with Crippen molar-refractivity contribution in [3.05, 3.63) is 96.7 Å². The summed E-state index contributed by atoms with van der Waals surface area (Å²) in [4.78, 5) is 6.32. The molecule has 0 radical (unpaired) electrons. The van der Waals surface area contributed by atoms with E-state index in [2.05, 4.69) is 52.5 Å². The second kappa shape index (κ2) is 6.59. The highest BCUT2D eigenvalue weighted by Crippen LogP contribution is 2.27. The summed E-state index contributed by atoms with van der Waals surface area (Å²) in [5.41, 5.74) is 3.49. The van der Waals surface area contributed by atoms with E-state index in [1.807, 2.05) is 30.3 Å². The smallest absolute Gasteiger partial charge is 0.134 e. The van der Waals surface area contributed by atoms with E-state index in [-0.39, 0.29) is 0 Å². The molecular weight excluding hydrogens is 296 g/mol. The van der Waals surface area contributed by atoms with Gasteiger partial charge in [0.15, 0.2) is 0 Å². The van der Waals surface area contributed by atoms with Crippen molar-refractivity contribution >= 4 is 5.57 Å². The number of pyridine rings is 1. The van der Waals surface area contributed by atoms with Crippen molar-refractivity contribution in [1.82, 2.24) is 9.88 Å². The summed E-state index contributed by atoms with van der Waals surface area (Å²) >= 11 is 0. The van der Waals surface area contributed by atoms with Gasteiger partial charge in [-0.15, -0.1) is 0 Å². The summed E-state index contributed by atoms with van der Waals surface area (Å²) in [6, 6.07) is 18.5. The monoisotopic (exact) mass is 314 g/mol. The topological polar surface area (TPSA) is 29.3 Å². The maximum absolute atomic E-state index is 6.00. The molecule has 4 rings (SSSR count). The predicted molar refractivity (Wildman–Crippen MR) is 95.9 cm³/mol. The van der Waals surface area contributed by atoms with E-state index in [1.54, 1.807) is 12.4 Å². The van der Waals surface area contributed by atoms with Gasteiger partial charge >= 0.3 is 0 Å². The Morgan fingerprint density at radius 1 is 0.917 bits per heavy atom. The zero-order valence-corrected chi connectivity index (χ0v) is 13.3. The van der Waals surface area contributed by atoms with Crippen molar-refractivity contribution in [2.75, 3.05) is 6.54 Å². The number of benzene rings is 1. The summed E-state index contributed by atoms with van der Waals surface area (Å²) in [5, 5.41) is 0. The molecule has 1 aliphatic rings. The van der Waals surface area contributed by atoms with E-state index in [4.69, 9.17) is 4.42 Å². The minimum Gasteiger partial charge on any atom is -0.456 e. The van der Waals surface area contributed by atoms with Crippen molar-refractivity contribution in [2.24, 2.45) is 0 Å². The number of hydrogen-bond acceptors (Lipinski definition) is 3. The van der Waals surface area contributed by atoms with E-state index in [9.17, 15) is 0 Å². The van der Waals surface area contributed by atoms with Crippen molar-refractivity contribution in [3.63, 3.8) is 0 Å². The Kier molecular flexibility index (Phi) is 3.98. The third-order valence-electron chi connectivity index (χ3n) is 4.09. The maximum atomic E-state index is 6.00. The van der Waals surface area contributed by atoms with E-state index < -0.39 is 0 Å². The summed E-state index contributed by atoms with van der Waals surface area (Å²) in [5.74, 6) is 1.77. The van der Waals surface area contributed by atoms with Gasteiger partial charge in [-0.2, -0.15) is 0 Å². The highest BCUT2D eigenvalue weighted by Gasteiger charge is 2.11. The second-order valence-electron chi connectivity index (χ2n) is 5.79. The van der Waals surface area contributed by atoms with Gasteiger partial charge in [0, 0.05) is 42.8 Å². The molecule has 0 N–H and O–H groups in total. The Morgan fingerprint density at radius 3 is 2.46 bits per heavy atom. The second-order valence-corrected chi connectivity index (χ2v) is 5.79. The fourth-order valence-electron chi connectivity index (χ4n) is 2.81. The zero-order valence-electron chi connectivity index (χ0n) is 13.3. The minimum atomic E-state index is 0.869. The van der Waals surface area contributed by atoms with Crippen LogP contribution in [0.1, 0.15) is 11.3 Å². The predicted octanol–water partition coefficient (Wildman–Crippen LogP) is 4.75. The molecule has 0 unspecified atom stereocenters. The summed E-state index contributed by atoms with van der Waals surface area (Å²) in [6.07, 6.45) is 10.0. The van der Waals surface area contributed by atoms with Crippen LogP contribution >= 0.6 is 0 Å². The molecule has 24 heavy (non-hydrogen) atoms. The van der Waals surface area contributed by atoms with E-state index in [0.717, 1.165) is 35.7 Å². The van der Waals surface area contributed by atoms with Crippen molar-refractivity contribution in [1.29, 1.82) is 0 Å². The maximum Gasteiger partial charge on any atom is 0.134 e. The molecule has 0 saturated heterocycles. The molecule has 1 aliphatic heterocycles. The summed E-state index contributed by atoms with van der Waals surface area (Å²) < 4.78 is 6.00. The SMILES string of the molecule is C1=CN(Cc2ccccc2)CC=C1c1ccc(-c2ccncc2)o1. The van der Waals surface area contributed by atoms with E-state index in [0.29, 0.717) is 0 Å². The van der Waals surface area contributed by atoms with Gasteiger partial charge in [-0.25, -0.2) is 0 Å². The molecule has 1 aromatic carbocycles. The largest absolute Gasteiger partial charge is 0.456 e. The van der Waals surface area contributed by atoms with Gasteiger partial charge in [0.05, 0.1) is 0 Å². The molecule has 0 amide bonds. The number of furan rings is 1. The quantitative estimate of drug-likeness (QED) is 0.695. The normalized spacial score (nSPS) is 13.8. The highest BCUT2D eigenvalue weighted by molar-refractivity contribution is 5.73. The van der Waals surface area contributed by atoms with Crippen LogP contribution in [0, 0.1) is 0 Å². The van der Waals surface area contributed by atoms with Crippen LogP contribution in [-0.4, -0.2) is 16.4 Å².